The second-order valence-corrected chi connectivity index (χ2v) is 4.60. The summed E-state index contributed by atoms with van der Waals surface area (Å²) in [6, 6.07) is 6.41. The van der Waals surface area contributed by atoms with Crippen molar-refractivity contribution in [2.75, 3.05) is 25.5 Å². The van der Waals surface area contributed by atoms with Crippen LogP contribution < -0.4 is 10.6 Å². The van der Waals surface area contributed by atoms with Gasteiger partial charge in [-0.2, -0.15) is 4.37 Å². The van der Waals surface area contributed by atoms with E-state index in [1.165, 1.54) is 23.7 Å². The second kappa shape index (κ2) is 6.42. The van der Waals surface area contributed by atoms with E-state index in [0.29, 0.717) is 6.42 Å². The predicted octanol–water partition coefficient (Wildman–Crippen LogP) is 1.90. The van der Waals surface area contributed by atoms with Crippen molar-refractivity contribution >= 4 is 16.7 Å². The van der Waals surface area contributed by atoms with Crippen molar-refractivity contribution in [3.63, 3.8) is 0 Å². The van der Waals surface area contributed by atoms with Crippen LogP contribution in [0.4, 0.5) is 9.52 Å². The van der Waals surface area contributed by atoms with Crippen LogP contribution in [0.2, 0.25) is 0 Å². The molecule has 0 fully saturated rings. The largest absolute Gasteiger partial charge is 0.359 e. The van der Waals surface area contributed by atoms with Gasteiger partial charge in [-0.1, -0.05) is 12.1 Å². The quantitative estimate of drug-likeness (QED) is 0.784. The molecule has 0 bridgehead atoms. The van der Waals surface area contributed by atoms with Gasteiger partial charge in [0.2, 0.25) is 5.13 Å². The summed E-state index contributed by atoms with van der Waals surface area (Å²) < 4.78 is 17.0. The Morgan fingerprint density at radius 3 is 2.72 bits per heavy atom. The zero-order valence-electron chi connectivity index (χ0n) is 10.1. The highest BCUT2D eigenvalue weighted by Crippen LogP contribution is 2.14. The van der Waals surface area contributed by atoms with E-state index < -0.39 is 0 Å². The van der Waals surface area contributed by atoms with Crippen molar-refractivity contribution in [1.29, 1.82) is 0 Å². The summed E-state index contributed by atoms with van der Waals surface area (Å²) in [5.74, 6) is 0.540. The predicted molar refractivity (Wildman–Crippen MR) is 71.5 cm³/mol. The fourth-order valence-corrected chi connectivity index (χ4v) is 2.09. The number of nitrogens with one attached hydrogen (secondary N) is 2. The van der Waals surface area contributed by atoms with Crippen LogP contribution in [0.25, 0.3) is 0 Å². The van der Waals surface area contributed by atoms with Crippen molar-refractivity contribution in [2.24, 2.45) is 0 Å². The Labute approximate surface area is 109 Å². The van der Waals surface area contributed by atoms with Crippen LogP contribution in [0, 0.1) is 5.82 Å². The molecule has 0 atom stereocenters. The Morgan fingerprint density at radius 1 is 1.22 bits per heavy atom. The minimum Gasteiger partial charge on any atom is -0.359 e. The van der Waals surface area contributed by atoms with E-state index in [2.05, 4.69) is 20.0 Å². The molecule has 4 nitrogen and oxygen atoms in total. The Morgan fingerprint density at radius 2 is 2.00 bits per heavy atom. The number of hydrogen-bond donors (Lipinski definition) is 2. The molecule has 0 saturated carbocycles. The summed E-state index contributed by atoms with van der Waals surface area (Å²) in [6.45, 7) is 1.70. The molecule has 0 aliphatic heterocycles. The maximum atomic E-state index is 12.8. The van der Waals surface area contributed by atoms with E-state index in [9.17, 15) is 4.39 Å². The van der Waals surface area contributed by atoms with Gasteiger partial charge in [0.25, 0.3) is 0 Å². The molecule has 0 aliphatic rings. The van der Waals surface area contributed by atoms with Crippen LogP contribution >= 0.6 is 11.5 Å². The molecule has 1 heterocycles. The monoisotopic (exact) mass is 266 g/mol. The van der Waals surface area contributed by atoms with E-state index in [0.717, 1.165) is 29.6 Å². The molecule has 2 N–H and O–H groups in total. The number of likely N-dealkylation sites (N-methyl/N-ethyl adjacent to an activating group) is 1. The fourth-order valence-electron chi connectivity index (χ4n) is 1.48. The second-order valence-electron chi connectivity index (χ2n) is 3.85. The van der Waals surface area contributed by atoms with Crippen LogP contribution in [0.5, 0.6) is 0 Å². The molecule has 0 unspecified atom stereocenters. The van der Waals surface area contributed by atoms with E-state index in [-0.39, 0.29) is 5.82 Å². The lowest BCUT2D eigenvalue weighted by atomic mass is 10.1. The van der Waals surface area contributed by atoms with Gasteiger partial charge in [-0.25, -0.2) is 9.37 Å². The molecule has 0 saturated heterocycles. The van der Waals surface area contributed by atoms with Crippen molar-refractivity contribution in [2.45, 2.75) is 6.42 Å². The number of anilines is 1. The summed E-state index contributed by atoms with van der Waals surface area (Å²) in [4.78, 5) is 4.37. The number of hydrogen-bond acceptors (Lipinski definition) is 5. The maximum absolute atomic E-state index is 12.8. The lowest BCUT2D eigenvalue weighted by Gasteiger charge is -1.99. The van der Waals surface area contributed by atoms with E-state index in [1.54, 1.807) is 12.1 Å². The van der Waals surface area contributed by atoms with Crippen LogP contribution in [0.15, 0.2) is 24.3 Å². The first-order valence-electron chi connectivity index (χ1n) is 5.73. The zero-order valence-corrected chi connectivity index (χ0v) is 10.9. The Bertz CT molecular complexity index is 483. The van der Waals surface area contributed by atoms with E-state index in [1.807, 2.05) is 7.05 Å². The van der Waals surface area contributed by atoms with Gasteiger partial charge in [0, 0.05) is 31.0 Å². The van der Waals surface area contributed by atoms with Gasteiger partial charge in [-0.05, 0) is 24.7 Å². The number of halogens is 1. The normalized spacial score (nSPS) is 10.6. The van der Waals surface area contributed by atoms with Crippen molar-refractivity contribution in [3.05, 3.63) is 41.5 Å². The van der Waals surface area contributed by atoms with Gasteiger partial charge in [0.15, 0.2) is 0 Å². The third-order valence-corrected chi connectivity index (χ3v) is 3.11. The van der Waals surface area contributed by atoms with E-state index in [4.69, 9.17) is 0 Å². The minimum absolute atomic E-state index is 0.223. The molecular formula is C12H15FN4S. The topological polar surface area (TPSA) is 49.8 Å². The highest BCUT2D eigenvalue weighted by molar-refractivity contribution is 7.09. The Hall–Kier alpha value is -1.53. The first kappa shape index (κ1) is 12.9. The number of rotatable bonds is 6. The first-order chi connectivity index (χ1) is 8.78. The summed E-state index contributed by atoms with van der Waals surface area (Å²) >= 11 is 1.35. The molecule has 1 aromatic heterocycles. The van der Waals surface area contributed by atoms with Crippen molar-refractivity contribution in [3.8, 4) is 0 Å². The van der Waals surface area contributed by atoms with Crippen LogP contribution in [0.1, 0.15) is 11.4 Å². The van der Waals surface area contributed by atoms with Gasteiger partial charge < -0.3 is 10.6 Å². The Kier molecular flexibility index (Phi) is 4.60. The van der Waals surface area contributed by atoms with E-state index >= 15 is 0 Å². The zero-order chi connectivity index (χ0) is 12.8. The third kappa shape index (κ3) is 3.75. The summed E-state index contributed by atoms with van der Waals surface area (Å²) in [5.41, 5.74) is 1.01. The van der Waals surface area contributed by atoms with Gasteiger partial charge in [-0.3, -0.25) is 0 Å². The van der Waals surface area contributed by atoms with Crippen LogP contribution in [0.3, 0.4) is 0 Å². The lowest BCUT2D eigenvalue weighted by molar-refractivity contribution is 0.627. The highest BCUT2D eigenvalue weighted by Gasteiger charge is 2.04. The fraction of sp³-hybridized carbons (Fsp3) is 0.333. The van der Waals surface area contributed by atoms with Crippen molar-refractivity contribution < 1.29 is 4.39 Å². The molecule has 0 spiro atoms. The summed E-state index contributed by atoms with van der Waals surface area (Å²) in [6.07, 6.45) is 0.629. The van der Waals surface area contributed by atoms with Crippen molar-refractivity contribution in [1.82, 2.24) is 14.7 Å². The molecule has 2 rings (SSSR count). The minimum atomic E-state index is -0.223. The molecule has 2 aromatic rings. The SMILES string of the molecule is CNCCNc1nc(Cc2ccc(F)cc2)ns1. The molecule has 0 aliphatic carbocycles. The lowest BCUT2D eigenvalue weighted by Crippen LogP contribution is -2.17. The van der Waals surface area contributed by atoms with Gasteiger partial charge in [-0.15, -0.1) is 0 Å². The number of aromatic nitrogens is 2. The molecule has 0 amide bonds. The third-order valence-electron chi connectivity index (χ3n) is 2.39. The van der Waals surface area contributed by atoms with Crippen LogP contribution in [-0.4, -0.2) is 29.5 Å². The first-order valence-corrected chi connectivity index (χ1v) is 6.51. The molecule has 6 heteroatoms. The molecule has 1 aromatic carbocycles. The standard InChI is InChI=1S/C12H15FN4S/c1-14-6-7-15-12-16-11(17-18-12)8-9-2-4-10(13)5-3-9/h2-5,14H,6-8H2,1H3,(H,15,16,17). The van der Waals surface area contributed by atoms with Gasteiger partial charge in [0.05, 0.1) is 0 Å². The maximum Gasteiger partial charge on any atom is 0.202 e. The summed E-state index contributed by atoms with van der Waals surface area (Å²) in [5, 5.41) is 7.05. The van der Waals surface area contributed by atoms with Crippen LogP contribution in [-0.2, 0) is 6.42 Å². The molecular weight excluding hydrogens is 251 g/mol. The number of benzene rings is 1. The number of nitrogens with zero attached hydrogens (tertiary/aromatic N) is 2. The molecule has 96 valence electrons. The average Bonchev–Trinajstić information content (AvgIpc) is 2.80. The smallest absolute Gasteiger partial charge is 0.202 e. The van der Waals surface area contributed by atoms with Gasteiger partial charge in [0.1, 0.15) is 11.6 Å². The summed E-state index contributed by atoms with van der Waals surface area (Å²) in [7, 11) is 1.90. The Balaban J connectivity index is 1.91. The molecule has 0 radical (unpaired) electrons. The average molecular weight is 266 g/mol. The molecule has 18 heavy (non-hydrogen) atoms. The highest BCUT2D eigenvalue weighted by atomic mass is 32.1. The van der Waals surface area contributed by atoms with Gasteiger partial charge >= 0.3 is 0 Å².